The Morgan fingerprint density at radius 3 is 2.75 bits per heavy atom. The zero-order chi connectivity index (χ0) is 12.0. The summed E-state index contributed by atoms with van der Waals surface area (Å²) in [6, 6.07) is 0. The topological polar surface area (TPSA) is 42.9 Å². The van der Waals surface area contributed by atoms with Crippen LogP contribution in [0.1, 0.15) is 37.9 Å². The summed E-state index contributed by atoms with van der Waals surface area (Å²) in [4.78, 5) is 8.95. The summed E-state index contributed by atoms with van der Waals surface area (Å²) in [5, 5.41) is 0. The lowest BCUT2D eigenvalue weighted by Gasteiger charge is -2.22. The minimum Gasteiger partial charge on any atom is -0.268 e. The van der Waals surface area contributed by atoms with Crippen molar-refractivity contribution in [2.75, 3.05) is 5.75 Å². The maximum absolute atomic E-state index is 11.9. The second kappa shape index (κ2) is 3.55. The summed E-state index contributed by atoms with van der Waals surface area (Å²) in [7, 11) is -1.92. The molecule has 88 valence electrons. The van der Waals surface area contributed by atoms with Gasteiger partial charge < -0.3 is 0 Å². The molecule has 0 saturated carbocycles. The van der Waals surface area contributed by atoms with E-state index in [0.29, 0.717) is 11.5 Å². The standard InChI is InChI=1S/C12H18N2OS/c1-12(2,3)11-13-7-9-8-16(4,15)6-5-10(9)14-11/h7H,4-6,8H2,1-3H3. The fourth-order valence-corrected chi connectivity index (χ4v) is 3.30. The second-order valence-corrected chi connectivity index (χ2v) is 8.11. The number of hydrogen-bond acceptors (Lipinski definition) is 3. The normalized spacial score (nSPS) is 25.2. The second-order valence-electron chi connectivity index (χ2n) is 5.48. The van der Waals surface area contributed by atoms with E-state index in [2.05, 4.69) is 36.6 Å². The highest BCUT2D eigenvalue weighted by Crippen LogP contribution is 2.23. The predicted molar refractivity (Wildman–Crippen MR) is 68.3 cm³/mol. The molecule has 2 heterocycles. The molecule has 1 aromatic rings. The van der Waals surface area contributed by atoms with E-state index in [1.54, 1.807) is 0 Å². The number of fused-ring (bicyclic) bond motifs is 1. The molecule has 16 heavy (non-hydrogen) atoms. The molecule has 1 aliphatic rings. The van der Waals surface area contributed by atoms with Crippen LogP contribution in [0.4, 0.5) is 0 Å². The molecule has 1 unspecified atom stereocenters. The molecule has 0 saturated heterocycles. The number of aromatic nitrogens is 2. The highest BCUT2D eigenvalue weighted by atomic mass is 32.2. The Morgan fingerprint density at radius 2 is 2.12 bits per heavy atom. The largest absolute Gasteiger partial charge is 0.268 e. The summed E-state index contributed by atoms with van der Waals surface area (Å²) in [6.45, 7) is 6.30. The molecule has 3 nitrogen and oxygen atoms in total. The predicted octanol–water partition coefficient (Wildman–Crippen LogP) is 1.55. The van der Waals surface area contributed by atoms with Crippen molar-refractivity contribution in [3.05, 3.63) is 23.3 Å². The number of hydrogen-bond donors (Lipinski definition) is 0. The van der Waals surface area contributed by atoms with Crippen molar-refractivity contribution in [2.45, 2.75) is 38.4 Å². The summed E-state index contributed by atoms with van der Waals surface area (Å²) in [5.74, 6) is 5.82. The number of nitrogens with zero attached hydrogens (tertiary/aromatic N) is 2. The third-order valence-corrected chi connectivity index (χ3v) is 4.54. The van der Waals surface area contributed by atoms with Gasteiger partial charge in [0.2, 0.25) is 0 Å². The molecule has 4 heteroatoms. The molecular weight excluding hydrogens is 220 g/mol. The van der Waals surface area contributed by atoms with Gasteiger partial charge in [0, 0.05) is 40.8 Å². The van der Waals surface area contributed by atoms with E-state index in [4.69, 9.17) is 0 Å². The number of rotatable bonds is 0. The summed E-state index contributed by atoms with van der Waals surface area (Å²) < 4.78 is 11.9. The lowest BCUT2D eigenvalue weighted by molar-refractivity contribution is 0.540. The Bertz CT molecular complexity index is 512. The molecule has 0 aromatic carbocycles. The van der Waals surface area contributed by atoms with Gasteiger partial charge in [0.25, 0.3) is 0 Å². The summed E-state index contributed by atoms with van der Waals surface area (Å²) >= 11 is 0. The molecule has 1 aromatic heterocycles. The zero-order valence-corrected chi connectivity index (χ0v) is 10.9. The van der Waals surface area contributed by atoms with Gasteiger partial charge in [0.1, 0.15) is 5.82 Å². The van der Waals surface area contributed by atoms with Gasteiger partial charge in [-0.2, -0.15) is 0 Å². The van der Waals surface area contributed by atoms with Crippen molar-refractivity contribution in [2.24, 2.45) is 0 Å². The van der Waals surface area contributed by atoms with Crippen LogP contribution in [0.3, 0.4) is 0 Å². The highest BCUT2D eigenvalue weighted by molar-refractivity contribution is 7.99. The Labute approximate surface area is 97.3 Å². The van der Waals surface area contributed by atoms with Gasteiger partial charge in [0.15, 0.2) is 0 Å². The first-order valence-electron chi connectivity index (χ1n) is 5.46. The quantitative estimate of drug-likeness (QED) is 0.644. The molecule has 0 amide bonds. The average molecular weight is 238 g/mol. The van der Waals surface area contributed by atoms with Gasteiger partial charge in [-0.05, 0) is 15.4 Å². The van der Waals surface area contributed by atoms with Crippen LogP contribution in [0.15, 0.2) is 6.20 Å². The number of aryl methyl sites for hydroxylation is 1. The molecular formula is C12H18N2OS. The van der Waals surface area contributed by atoms with Gasteiger partial charge in [-0.3, -0.25) is 4.21 Å². The monoisotopic (exact) mass is 238 g/mol. The van der Waals surface area contributed by atoms with Crippen LogP contribution < -0.4 is 0 Å². The van der Waals surface area contributed by atoms with E-state index in [0.717, 1.165) is 23.5 Å². The van der Waals surface area contributed by atoms with Gasteiger partial charge in [-0.1, -0.05) is 20.8 Å². The maximum atomic E-state index is 11.9. The van der Waals surface area contributed by atoms with Gasteiger partial charge in [0.05, 0.1) is 0 Å². The van der Waals surface area contributed by atoms with Gasteiger partial charge in [-0.15, -0.1) is 0 Å². The Hall–Kier alpha value is -0.900. The van der Waals surface area contributed by atoms with Crippen molar-refractivity contribution in [1.29, 1.82) is 0 Å². The van der Waals surface area contributed by atoms with Crippen LogP contribution in [-0.4, -0.2) is 25.8 Å². The van der Waals surface area contributed by atoms with Crippen molar-refractivity contribution in [3.63, 3.8) is 0 Å². The lowest BCUT2D eigenvalue weighted by atomic mass is 9.95. The van der Waals surface area contributed by atoms with E-state index in [1.807, 2.05) is 6.20 Å². The highest BCUT2D eigenvalue weighted by Gasteiger charge is 2.23. The average Bonchev–Trinajstić information content (AvgIpc) is 2.14. The first-order chi connectivity index (χ1) is 7.28. The Balaban J connectivity index is 2.43. The Morgan fingerprint density at radius 1 is 1.44 bits per heavy atom. The summed E-state index contributed by atoms with van der Waals surface area (Å²) in [6.07, 6.45) is 2.59. The van der Waals surface area contributed by atoms with Crippen LogP contribution in [0, 0.1) is 0 Å². The SMILES string of the molecule is C=S1(=O)CCc2nc(C(C)(C)C)ncc2C1. The molecule has 0 bridgehead atoms. The van der Waals surface area contributed by atoms with Crippen LogP contribution in [0.5, 0.6) is 0 Å². The van der Waals surface area contributed by atoms with E-state index >= 15 is 0 Å². The molecule has 1 aliphatic heterocycles. The molecule has 0 aliphatic carbocycles. The molecule has 0 fully saturated rings. The minimum atomic E-state index is -1.92. The van der Waals surface area contributed by atoms with Crippen LogP contribution in [0.25, 0.3) is 0 Å². The fraction of sp³-hybridized carbons (Fsp3) is 0.583. The third kappa shape index (κ3) is 2.26. The smallest absolute Gasteiger partial charge is 0.133 e. The Kier molecular flexibility index (Phi) is 2.57. The summed E-state index contributed by atoms with van der Waals surface area (Å²) in [5.41, 5.74) is 2.04. The molecule has 0 N–H and O–H groups in total. The van der Waals surface area contributed by atoms with Crippen LogP contribution in [0.2, 0.25) is 0 Å². The van der Waals surface area contributed by atoms with Crippen LogP contribution in [-0.2, 0) is 27.1 Å². The molecule has 0 radical (unpaired) electrons. The minimum absolute atomic E-state index is 0.0294. The van der Waals surface area contributed by atoms with Gasteiger partial charge >= 0.3 is 0 Å². The zero-order valence-electron chi connectivity index (χ0n) is 10.1. The van der Waals surface area contributed by atoms with Crippen LogP contribution >= 0.6 is 0 Å². The van der Waals surface area contributed by atoms with Crippen molar-refractivity contribution < 1.29 is 4.21 Å². The van der Waals surface area contributed by atoms with E-state index in [1.165, 1.54) is 0 Å². The molecule has 2 rings (SSSR count). The fourth-order valence-electron chi connectivity index (χ4n) is 1.78. The van der Waals surface area contributed by atoms with Crippen molar-refractivity contribution in [3.8, 4) is 0 Å². The first-order valence-corrected chi connectivity index (χ1v) is 7.52. The van der Waals surface area contributed by atoms with Crippen molar-refractivity contribution >= 4 is 15.4 Å². The first kappa shape index (κ1) is 11.6. The third-order valence-electron chi connectivity index (χ3n) is 2.75. The lowest BCUT2D eigenvalue weighted by Crippen LogP contribution is -2.24. The van der Waals surface area contributed by atoms with E-state index in [9.17, 15) is 4.21 Å². The maximum Gasteiger partial charge on any atom is 0.133 e. The molecule has 1 atom stereocenters. The van der Waals surface area contributed by atoms with Gasteiger partial charge in [-0.25, -0.2) is 9.97 Å². The van der Waals surface area contributed by atoms with Crippen molar-refractivity contribution in [1.82, 2.24) is 9.97 Å². The van der Waals surface area contributed by atoms with E-state index in [-0.39, 0.29) is 5.41 Å². The molecule has 0 spiro atoms. The van der Waals surface area contributed by atoms with E-state index < -0.39 is 9.52 Å².